The predicted molar refractivity (Wildman–Crippen MR) is 110 cm³/mol. The number of nitrogens with one attached hydrogen (secondary N) is 1. The van der Waals surface area contributed by atoms with E-state index in [2.05, 4.69) is 26.1 Å². The van der Waals surface area contributed by atoms with Gasteiger partial charge in [0, 0.05) is 0 Å². The van der Waals surface area contributed by atoms with Crippen molar-refractivity contribution in [3.8, 4) is 23.0 Å². The summed E-state index contributed by atoms with van der Waals surface area (Å²) in [5.74, 6) is 1.97. The maximum Gasteiger partial charge on any atom is 0.228 e. The molecule has 6 heteroatoms. The Bertz CT molecular complexity index is 814. The Morgan fingerprint density at radius 3 is 1.89 bits per heavy atom. The van der Waals surface area contributed by atoms with Crippen molar-refractivity contribution in [1.82, 2.24) is 0 Å². The fraction of sp³-hybridized carbons (Fsp3) is 0.409. The number of anilines is 1. The van der Waals surface area contributed by atoms with Crippen molar-refractivity contribution in [1.29, 1.82) is 0 Å². The lowest BCUT2D eigenvalue weighted by molar-refractivity contribution is -0.115. The summed E-state index contributed by atoms with van der Waals surface area (Å²) < 4.78 is 21.4. The lowest BCUT2D eigenvalue weighted by Gasteiger charge is -2.21. The number of rotatable bonds is 7. The molecule has 0 aromatic heterocycles. The molecule has 0 heterocycles. The zero-order valence-electron chi connectivity index (χ0n) is 17.6. The summed E-state index contributed by atoms with van der Waals surface area (Å²) in [6.07, 6.45) is 0.152. The molecule has 0 radical (unpaired) electrons. The highest BCUT2D eigenvalue weighted by molar-refractivity contribution is 5.94. The predicted octanol–water partition coefficient (Wildman–Crippen LogP) is 4.20. The highest BCUT2D eigenvalue weighted by Crippen LogP contribution is 2.38. The van der Waals surface area contributed by atoms with Crippen molar-refractivity contribution in [3.63, 3.8) is 0 Å². The van der Waals surface area contributed by atoms with Gasteiger partial charge in [-0.05, 0) is 40.8 Å². The van der Waals surface area contributed by atoms with Gasteiger partial charge in [-0.3, -0.25) is 4.79 Å². The molecule has 0 aliphatic rings. The van der Waals surface area contributed by atoms with Crippen LogP contribution >= 0.6 is 0 Å². The van der Waals surface area contributed by atoms with Crippen LogP contribution in [0.15, 0.2) is 30.3 Å². The molecule has 0 saturated heterocycles. The zero-order chi connectivity index (χ0) is 20.9. The highest BCUT2D eigenvalue weighted by atomic mass is 16.5. The van der Waals surface area contributed by atoms with Gasteiger partial charge in [0.25, 0.3) is 0 Å². The lowest BCUT2D eigenvalue weighted by Crippen LogP contribution is -2.17. The smallest absolute Gasteiger partial charge is 0.228 e. The van der Waals surface area contributed by atoms with Crippen LogP contribution in [0.5, 0.6) is 23.0 Å². The normalized spacial score (nSPS) is 11.0. The average Bonchev–Trinajstić information content (AvgIpc) is 2.66. The number of hydrogen-bond donors (Lipinski definition) is 1. The first kappa shape index (κ1) is 21.4. The van der Waals surface area contributed by atoms with Crippen LogP contribution < -0.4 is 24.3 Å². The fourth-order valence-corrected chi connectivity index (χ4v) is 2.89. The van der Waals surface area contributed by atoms with Gasteiger partial charge in [-0.15, -0.1) is 0 Å². The molecule has 1 amide bonds. The number of carbonyl (C=O) groups is 1. The first-order valence-electron chi connectivity index (χ1n) is 9.00. The molecule has 0 spiro atoms. The van der Waals surface area contributed by atoms with Gasteiger partial charge in [0.05, 0.1) is 40.5 Å². The highest BCUT2D eigenvalue weighted by Gasteiger charge is 2.18. The number of benzene rings is 2. The minimum atomic E-state index is -0.168. The molecule has 0 bridgehead atoms. The van der Waals surface area contributed by atoms with Crippen LogP contribution in [0, 0.1) is 0 Å². The third kappa shape index (κ3) is 4.88. The zero-order valence-corrected chi connectivity index (χ0v) is 17.6. The molecule has 28 heavy (non-hydrogen) atoms. The average molecular weight is 387 g/mol. The first-order valence-corrected chi connectivity index (χ1v) is 9.00. The van der Waals surface area contributed by atoms with E-state index in [-0.39, 0.29) is 17.7 Å². The Hall–Kier alpha value is -2.89. The maximum absolute atomic E-state index is 12.7. The SMILES string of the molecule is COc1ccc(C(C)(C)C)cc1NC(=O)Cc1cc(OC)c(OC)c(OC)c1. The Kier molecular flexibility index (Phi) is 6.78. The van der Waals surface area contributed by atoms with E-state index in [9.17, 15) is 4.79 Å². The summed E-state index contributed by atoms with van der Waals surface area (Å²) in [5, 5.41) is 2.95. The Morgan fingerprint density at radius 1 is 0.857 bits per heavy atom. The minimum absolute atomic E-state index is 0.0392. The number of hydrogen-bond acceptors (Lipinski definition) is 5. The molecule has 2 rings (SSSR count). The summed E-state index contributed by atoms with van der Waals surface area (Å²) in [6, 6.07) is 9.36. The Morgan fingerprint density at radius 2 is 1.43 bits per heavy atom. The molecule has 0 unspecified atom stereocenters. The second kappa shape index (κ2) is 8.87. The monoisotopic (exact) mass is 387 g/mol. The molecule has 1 N–H and O–H groups in total. The largest absolute Gasteiger partial charge is 0.495 e. The molecule has 2 aromatic carbocycles. The van der Waals surface area contributed by atoms with E-state index in [0.717, 1.165) is 11.1 Å². The summed E-state index contributed by atoms with van der Waals surface area (Å²) in [5.41, 5.74) is 2.46. The minimum Gasteiger partial charge on any atom is -0.495 e. The summed E-state index contributed by atoms with van der Waals surface area (Å²) in [6.45, 7) is 6.36. The van der Waals surface area contributed by atoms with Crippen LogP contribution in [0.4, 0.5) is 5.69 Å². The molecule has 0 saturated carbocycles. The lowest BCUT2D eigenvalue weighted by atomic mass is 9.87. The Balaban J connectivity index is 2.27. The summed E-state index contributed by atoms with van der Waals surface area (Å²) in [4.78, 5) is 12.7. The number of ether oxygens (including phenoxy) is 4. The van der Waals surface area contributed by atoms with Crippen molar-refractivity contribution in [2.75, 3.05) is 33.8 Å². The second-order valence-electron chi connectivity index (χ2n) is 7.42. The van der Waals surface area contributed by atoms with Gasteiger partial charge in [0.2, 0.25) is 11.7 Å². The first-order chi connectivity index (χ1) is 13.2. The van der Waals surface area contributed by atoms with Crippen molar-refractivity contribution in [3.05, 3.63) is 41.5 Å². The molecular formula is C22H29NO5. The van der Waals surface area contributed by atoms with Gasteiger partial charge >= 0.3 is 0 Å². The van der Waals surface area contributed by atoms with Crippen molar-refractivity contribution in [2.24, 2.45) is 0 Å². The number of amides is 1. The topological polar surface area (TPSA) is 66.0 Å². The van der Waals surface area contributed by atoms with E-state index in [1.54, 1.807) is 40.6 Å². The van der Waals surface area contributed by atoms with Gasteiger partial charge in [-0.1, -0.05) is 26.8 Å². The van der Waals surface area contributed by atoms with Crippen molar-refractivity contribution >= 4 is 11.6 Å². The summed E-state index contributed by atoms with van der Waals surface area (Å²) >= 11 is 0. The number of carbonyl (C=O) groups excluding carboxylic acids is 1. The van der Waals surface area contributed by atoms with Crippen LogP contribution in [-0.2, 0) is 16.6 Å². The van der Waals surface area contributed by atoms with Crippen LogP contribution in [0.2, 0.25) is 0 Å². The Labute approximate surface area is 166 Å². The van der Waals surface area contributed by atoms with Crippen LogP contribution in [-0.4, -0.2) is 34.3 Å². The molecule has 0 atom stereocenters. The van der Waals surface area contributed by atoms with Crippen LogP contribution in [0.1, 0.15) is 31.9 Å². The van der Waals surface area contributed by atoms with Crippen molar-refractivity contribution < 1.29 is 23.7 Å². The molecule has 0 fully saturated rings. The van der Waals surface area contributed by atoms with E-state index in [1.165, 1.54) is 0 Å². The van der Waals surface area contributed by atoms with Gasteiger partial charge < -0.3 is 24.3 Å². The van der Waals surface area contributed by atoms with E-state index in [1.807, 2.05) is 18.2 Å². The van der Waals surface area contributed by atoms with Crippen molar-refractivity contribution in [2.45, 2.75) is 32.6 Å². The van der Waals surface area contributed by atoms with E-state index < -0.39 is 0 Å². The van der Waals surface area contributed by atoms with Crippen LogP contribution in [0.25, 0.3) is 0 Å². The molecular weight excluding hydrogens is 358 g/mol. The quantitative estimate of drug-likeness (QED) is 0.771. The number of methoxy groups -OCH3 is 4. The van der Waals surface area contributed by atoms with Crippen LogP contribution in [0.3, 0.4) is 0 Å². The third-order valence-corrected chi connectivity index (χ3v) is 4.43. The standard InChI is InChI=1S/C22H29NO5/c1-22(2,3)15-8-9-17(25-4)16(13-15)23-20(24)12-14-10-18(26-5)21(28-7)19(11-14)27-6/h8-11,13H,12H2,1-7H3,(H,23,24). The molecule has 0 aliphatic carbocycles. The molecule has 2 aromatic rings. The molecule has 6 nitrogen and oxygen atoms in total. The van der Waals surface area contributed by atoms with Gasteiger partial charge in [0.15, 0.2) is 11.5 Å². The van der Waals surface area contributed by atoms with Gasteiger partial charge in [-0.2, -0.15) is 0 Å². The van der Waals surface area contributed by atoms with Gasteiger partial charge in [0.1, 0.15) is 5.75 Å². The summed E-state index contributed by atoms with van der Waals surface area (Å²) in [7, 11) is 6.22. The third-order valence-electron chi connectivity index (χ3n) is 4.43. The fourth-order valence-electron chi connectivity index (χ4n) is 2.89. The van der Waals surface area contributed by atoms with E-state index >= 15 is 0 Å². The molecule has 152 valence electrons. The van der Waals surface area contributed by atoms with E-state index in [0.29, 0.717) is 28.7 Å². The second-order valence-corrected chi connectivity index (χ2v) is 7.42. The van der Waals surface area contributed by atoms with Gasteiger partial charge in [-0.25, -0.2) is 0 Å². The van der Waals surface area contributed by atoms with E-state index in [4.69, 9.17) is 18.9 Å². The molecule has 0 aliphatic heterocycles. The maximum atomic E-state index is 12.7.